The summed E-state index contributed by atoms with van der Waals surface area (Å²) in [4.78, 5) is 37.0. The van der Waals surface area contributed by atoms with Gasteiger partial charge in [-0.25, -0.2) is 23.9 Å². The Hall–Kier alpha value is -3.24. The van der Waals surface area contributed by atoms with Gasteiger partial charge in [0.2, 0.25) is 5.95 Å². The number of carbonyl (C=O) groups is 2. The number of rotatable bonds is 2. The van der Waals surface area contributed by atoms with Crippen molar-refractivity contribution in [1.29, 1.82) is 0 Å². The zero-order valence-corrected chi connectivity index (χ0v) is 21.1. The van der Waals surface area contributed by atoms with Crippen LogP contribution in [0.4, 0.5) is 19.9 Å². The van der Waals surface area contributed by atoms with Crippen molar-refractivity contribution in [1.82, 2.24) is 24.6 Å². The SMILES string of the molecule is Cc1nn(C(=O)OC(C)(C)C)c(C)c1-c1nc(N2CCN(C(=O)OC(C)(C)C)CC2)ncc1F. The van der Waals surface area contributed by atoms with Gasteiger partial charge >= 0.3 is 12.2 Å². The van der Waals surface area contributed by atoms with Crippen LogP contribution in [0.1, 0.15) is 52.9 Å². The Kier molecular flexibility index (Phi) is 6.86. The third-order valence-corrected chi connectivity index (χ3v) is 5.04. The Morgan fingerprint density at radius 2 is 1.50 bits per heavy atom. The first-order valence-corrected chi connectivity index (χ1v) is 11.2. The number of aryl methyl sites for hydroxylation is 1. The topological polar surface area (TPSA) is 103 Å². The molecule has 0 saturated carbocycles. The molecule has 0 radical (unpaired) electrons. The summed E-state index contributed by atoms with van der Waals surface area (Å²) < 4.78 is 26.8. The molecule has 2 aromatic heterocycles. The number of anilines is 1. The second-order valence-corrected chi connectivity index (χ2v) is 10.3. The highest BCUT2D eigenvalue weighted by atomic mass is 19.1. The third kappa shape index (κ3) is 5.81. The maximum absolute atomic E-state index is 14.8. The maximum Gasteiger partial charge on any atom is 0.435 e. The van der Waals surface area contributed by atoms with Gasteiger partial charge in [-0.2, -0.15) is 9.78 Å². The number of nitrogens with zero attached hydrogens (tertiary/aromatic N) is 6. The molecule has 0 unspecified atom stereocenters. The van der Waals surface area contributed by atoms with Crippen LogP contribution in [0.2, 0.25) is 0 Å². The fourth-order valence-electron chi connectivity index (χ4n) is 3.57. The van der Waals surface area contributed by atoms with Gasteiger partial charge in [-0.05, 0) is 55.4 Å². The predicted molar refractivity (Wildman–Crippen MR) is 124 cm³/mol. The van der Waals surface area contributed by atoms with E-state index in [0.29, 0.717) is 49.1 Å². The van der Waals surface area contributed by atoms with Crippen LogP contribution in [-0.2, 0) is 9.47 Å². The first-order chi connectivity index (χ1) is 15.7. The second kappa shape index (κ2) is 9.19. The van der Waals surface area contributed by atoms with Crippen LogP contribution in [0, 0.1) is 19.7 Å². The second-order valence-electron chi connectivity index (χ2n) is 10.3. The highest BCUT2D eigenvalue weighted by Gasteiger charge is 2.29. The summed E-state index contributed by atoms with van der Waals surface area (Å²) in [5.41, 5.74) is 0.0801. The number of halogens is 1. The first-order valence-electron chi connectivity index (χ1n) is 11.2. The van der Waals surface area contributed by atoms with Gasteiger partial charge in [0.1, 0.15) is 16.9 Å². The van der Waals surface area contributed by atoms with Gasteiger partial charge in [0.25, 0.3) is 0 Å². The highest BCUT2D eigenvalue weighted by Crippen LogP contribution is 2.29. The van der Waals surface area contributed by atoms with Crippen LogP contribution < -0.4 is 4.90 Å². The molecule has 186 valence electrons. The molecular formula is C23H33FN6O4. The summed E-state index contributed by atoms with van der Waals surface area (Å²) in [6.07, 6.45) is 0.0997. The van der Waals surface area contributed by atoms with E-state index in [0.717, 1.165) is 10.9 Å². The molecule has 3 heterocycles. The van der Waals surface area contributed by atoms with Crippen LogP contribution in [0.5, 0.6) is 0 Å². The van der Waals surface area contributed by atoms with Crippen LogP contribution in [0.15, 0.2) is 6.20 Å². The monoisotopic (exact) mass is 476 g/mol. The molecule has 1 saturated heterocycles. The van der Waals surface area contributed by atoms with Gasteiger partial charge in [0.15, 0.2) is 5.82 Å². The standard InChI is InChI=1S/C23H33FN6O4/c1-14-17(15(2)30(27-14)21(32)34-23(6,7)8)18-16(24)13-25-19(26-18)28-9-11-29(12-10-28)20(31)33-22(3,4)5/h13H,9-12H2,1-8H3. The van der Waals surface area contributed by atoms with Crippen molar-refractivity contribution in [2.24, 2.45) is 0 Å². The normalized spacial score (nSPS) is 14.9. The van der Waals surface area contributed by atoms with E-state index in [2.05, 4.69) is 15.1 Å². The summed E-state index contributed by atoms with van der Waals surface area (Å²) in [5, 5.41) is 4.26. The predicted octanol–water partition coefficient (Wildman–Crippen LogP) is 3.94. The van der Waals surface area contributed by atoms with E-state index in [9.17, 15) is 14.0 Å². The molecule has 1 aliphatic rings. The summed E-state index contributed by atoms with van der Waals surface area (Å²) in [6, 6.07) is 0. The highest BCUT2D eigenvalue weighted by molar-refractivity contribution is 5.76. The number of carbonyl (C=O) groups excluding carboxylic acids is 2. The van der Waals surface area contributed by atoms with E-state index < -0.39 is 23.1 Å². The van der Waals surface area contributed by atoms with E-state index in [4.69, 9.17) is 9.47 Å². The van der Waals surface area contributed by atoms with Crippen molar-refractivity contribution in [2.75, 3.05) is 31.1 Å². The molecule has 3 rings (SSSR count). The van der Waals surface area contributed by atoms with E-state index >= 15 is 0 Å². The minimum atomic E-state index is -0.696. The molecule has 0 spiro atoms. The van der Waals surface area contributed by atoms with Crippen molar-refractivity contribution in [2.45, 2.75) is 66.6 Å². The summed E-state index contributed by atoms with van der Waals surface area (Å²) in [5.74, 6) is -0.282. The summed E-state index contributed by atoms with van der Waals surface area (Å²) in [6.45, 7) is 15.9. The van der Waals surface area contributed by atoms with Gasteiger partial charge in [-0.1, -0.05) is 0 Å². The number of ether oxygens (including phenoxy) is 2. The first kappa shape index (κ1) is 25.4. The molecule has 1 fully saturated rings. The largest absolute Gasteiger partial charge is 0.444 e. The maximum atomic E-state index is 14.8. The zero-order chi connectivity index (χ0) is 25.4. The van der Waals surface area contributed by atoms with Gasteiger partial charge in [-0.15, -0.1) is 0 Å². The van der Waals surface area contributed by atoms with E-state index in [1.165, 1.54) is 0 Å². The lowest BCUT2D eigenvalue weighted by Crippen LogP contribution is -2.50. The van der Waals surface area contributed by atoms with E-state index in [-0.39, 0.29) is 11.8 Å². The molecule has 1 aliphatic heterocycles. The van der Waals surface area contributed by atoms with Crippen molar-refractivity contribution < 1.29 is 23.5 Å². The number of aromatic nitrogens is 4. The molecule has 0 aliphatic carbocycles. The average molecular weight is 477 g/mol. The molecule has 1 amide bonds. The van der Waals surface area contributed by atoms with Crippen LogP contribution in [0.25, 0.3) is 11.3 Å². The number of hydrogen-bond donors (Lipinski definition) is 0. The lowest BCUT2D eigenvalue weighted by Gasteiger charge is -2.35. The fraction of sp³-hybridized carbons (Fsp3) is 0.609. The quantitative estimate of drug-likeness (QED) is 0.642. The number of hydrogen-bond acceptors (Lipinski definition) is 8. The molecule has 0 atom stereocenters. The van der Waals surface area contributed by atoms with Gasteiger partial charge in [0, 0.05) is 31.7 Å². The molecule has 0 bridgehead atoms. The fourth-order valence-corrected chi connectivity index (χ4v) is 3.57. The third-order valence-electron chi connectivity index (χ3n) is 5.04. The van der Waals surface area contributed by atoms with Crippen LogP contribution in [-0.4, -0.2) is 74.2 Å². The van der Waals surface area contributed by atoms with E-state index in [1.807, 2.05) is 25.7 Å². The molecular weight excluding hydrogens is 443 g/mol. The molecule has 10 nitrogen and oxygen atoms in total. The Morgan fingerprint density at radius 1 is 0.941 bits per heavy atom. The minimum Gasteiger partial charge on any atom is -0.444 e. The van der Waals surface area contributed by atoms with Crippen molar-refractivity contribution >= 4 is 18.1 Å². The lowest BCUT2D eigenvalue weighted by molar-refractivity contribution is 0.0239. The van der Waals surface area contributed by atoms with Gasteiger partial charge in [-0.3, -0.25) is 0 Å². The minimum absolute atomic E-state index is 0.0596. The van der Waals surface area contributed by atoms with E-state index in [1.54, 1.807) is 39.5 Å². The molecule has 0 aromatic carbocycles. The summed E-state index contributed by atoms with van der Waals surface area (Å²) in [7, 11) is 0. The van der Waals surface area contributed by atoms with Crippen molar-refractivity contribution in [3.05, 3.63) is 23.4 Å². The van der Waals surface area contributed by atoms with Crippen LogP contribution in [0.3, 0.4) is 0 Å². The molecule has 34 heavy (non-hydrogen) atoms. The Balaban J connectivity index is 1.82. The Labute approximate surface area is 199 Å². The summed E-state index contributed by atoms with van der Waals surface area (Å²) >= 11 is 0. The van der Waals surface area contributed by atoms with Gasteiger partial charge < -0.3 is 19.3 Å². The van der Waals surface area contributed by atoms with Crippen LogP contribution >= 0.6 is 0 Å². The average Bonchev–Trinajstić information content (AvgIpc) is 3.00. The lowest BCUT2D eigenvalue weighted by atomic mass is 10.1. The number of amides is 1. The Morgan fingerprint density at radius 3 is 2.06 bits per heavy atom. The Bertz CT molecular complexity index is 1080. The molecule has 0 N–H and O–H groups in total. The molecule has 2 aromatic rings. The van der Waals surface area contributed by atoms with Crippen molar-refractivity contribution in [3.63, 3.8) is 0 Å². The van der Waals surface area contributed by atoms with Gasteiger partial charge in [0.05, 0.1) is 17.6 Å². The van der Waals surface area contributed by atoms with Crippen molar-refractivity contribution in [3.8, 4) is 11.3 Å². The number of piperazine rings is 1. The smallest absolute Gasteiger partial charge is 0.435 e. The zero-order valence-electron chi connectivity index (χ0n) is 21.1. The molecule has 11 heteroatoms.